The molecule has 2 rings (SSSR count). The highest BCUT2D eigenvalue weighted by atomic mass is 16.5. The Kier molecular flexibility index (Phi) is 5.46. The van der Waals surface area contributed by atoms with E-state index < -0.39 is 12.0 Å². The summed E-state index contributed by atoms with van der Waals surface area (Å²) < 4.78 is 5.17. The van der Waals surface area contributed by atoms with E-state index in [0.717, 1.165) is 5.56 Å². The Morgan fingerprint density at radius 3 is 2.43 bits per heavy atom. The number of rotatable bonds is 7. The average Bonchev–Trinajstić information content (AvgIpc) is 2.96. The van der Waals surface area contributed by atoms with E-state index in [0.29, 0.717) is 17.3 Å². The Morgan fingerprint density at radius 1 is 1.30 bits per heavy atom. The second-order valence-electron chi connectivity index (χ2n) is 5.76. The van der Waals surface area contributed by atoms with Gasteiger partial charge in [-0.05, 0) is 18.2 Å². The lowest BCUT2D eigenvalue weighted by Gasteiger charge is -2.23. The van der Waals surface area contributed by atoms with Gasteiger partial charge in [-0.2, -0.15) is 4.98 Å². The Hall–Kier alpha value is -2.25. The maximum atomic E-state index is 11.6. The van der Waals surface area contributed by atoms with Crippen molar-refractivity contribution in [2.75, 3.05) is 7.05 Å². The fourth-order valence-electron chi connectivity index (χ4n) is 2.26. The number of nitrogens with zero attached hydrogens (tertiary/aromatic N) is 3. The maximum Gasteiger partial charge on any atom is 0.325 e. The number of benzene rings is 1. The first-order valence-corrected chi connectivity index (χ1v) is 7.37. The summed E-state index contributed by atoms with van der Waals surface area (Å²) in [5.41, 5.74) is 1.36. The highest BCUT2D eigenvalue weighted by Crippen LogP contribution is 2.22. The van der Waals surface area contributed by atoms with Crippen LogP contribution < -0.4 is 0 Å². The molecule has 1 aromatic carbocycles. The molecule has 1 aromatic heterocycles. The van der Waals surface area contributed by atoms with Crippen LogP contribution in [0.4, 0.5) is 0 Å². The van der Waals surface area contributed by atoms with Crippen LogP contribution >= 0.6 is 0 Å². The molecular formula is C16H21N3O4. The molecule has 0 aliphatic carbocycles. The van der Waals surface area contributed by atoms with E-state index in [1.807, 2.05) is 13.8 Å². The van der Waals surface area contributed by atoms with E-state index in [-0.39, 0.29) is 19.1 Å². The van der Waals surface area contributed by atoms with Gasteiger partial charge in [-0.1, -0.05) is 43.3 Å². The first-order valence-electron chi connectivity index (χ1n) is 7.37. The molecule has 0 fully saturated rings. The number of hydrogen-bond donors (Lipinski definition) is 2. The van der Waals surface area contributed by atoms with Crippen molar-refractivity contribution < 1.29 is 19.5 Å². The van der Waals surface area contributed by atoms with Gasteiger partial charge in [0.1, 0.15) is 6.04 Å². The predicted octanol–water partition coefficient (Wildman–Crippen LogP) is 1.94. The molecule has 0 saturated carbocycles. The first kappa shape index (κ1) is 17.1. The summed E-state index contributed by atoms with van der Waals surface area (Å²) in [6.45, 7) is 4.08. The summed E-state index contributed by atoms with van der Waals surface area (Å²) in [5.74, 6) is 0.175. The molecule has 1 heterocycles. The molecule has 0 saturated heterocycles. The number of carboxylic acids is 1. The zero-order valence-corrected chi connectivity index (χ0v) is 13.4. The van der Waals surface area contributed by atoms with Gasteiger partial charge in [0.2, 0.25) is 5.89 Å². The molecule has 0 radical (unpaired) electrons. The minimum Gasteiger partial charge on any atom is -0.480 e. The van der Waals surface area contributed by atoms with Gasteiger partial charge in [0.25, 0.3) is 0 Å². The van der Waals surface area contributed by atoms with Crippen LogP contribution in [-0.2, 0) is 17.9 Å². The molecule has 2 N–H and O–H groups in total. The van der Waals surface area contributed by atoms with Crippen molar-refractivity contribution in [3.63, 3.8) is 0 Å². The fraction of sp³-hybridized carbons (Fsp3) is 0.438. The van der Waals surface area contributed by atoms with Crippen LogP contribution in [0.25, 0.3) is 0 Å². The van der Waals surface area contributed by atoms with E-state index in [4.69, 9.17) is 9.63 Å². The number of aliphatic hydroxyl groups is 1. The summed E-state index contributed by atoms with van der Waals surface area (Å²) in [6.07, 6.45) is 0. The van der Waals surface area contributed by atoms with E-state index >= 15 is 0 Å². The van der Waals surface area contributed by atoms with Crippen molar-refractivity contribution in [2.24, 2.45) is 0 Å². The van der Waals surface area contributed by atoms with E-state index in [2.05, 4.69) is 10.1 Å². The van der Waals surface area contributed by atoms with Gasteiger partial charge in [0.15, 0.2) is 5.82 Å². The summed E-state index contributed by atoms with van der Waals surface area (Å²) in [5, 5.41) is 22.5. The number of aliphatic hydroxyl groups excluding tert-OH is 1. The highest BCUT2D eigenvalue weighted by Gasteiger charge is 2.26. The average molecular weight is 319 g/mol. The van der Waals surface area contributed by atoms with Crippen LogP contribution in [-0.4, -0.2) is 38.3 Å². The molecule has 0 aliphatic heterocycles. The number of likely N-dealkylation sites (N-methyl/N-ethyl adjacent to an activating group) is 1. The minimum absolute atomic E-state index is 0.0756. The third-order valence-electron chi connectivity index (χ3n) is 3.54. The summed E-state index contributed by atoms with van der Waals surface area (Å²) in [6, 6.07) is 5.99. The van der Waals surface area contributed by atoms with Crippen LogP contribution in [0.2, 0.25) is 0 Å². The van der Waals surface area contributed by atoms with Crippen molar-refractivity contribution in [1.82, 2.24) is 15.0 Å². The molecule has 0 bridgehead atoms. The van der Waals surface area contributed by atoms with Crippen molar-refractivity contribution in [1.29, 1.82) is 0 Å². The van der Waals surface area contributed by atoms with Crippen molar-refractivity contribution >= 4 is 5.97 Å². The number of carboxylic acid groups (broad SMARTS) is 1. The standard InChI is InChI=1S/C16H21N3O4/c1-10(2)15-17-13(23-18-15)8-19(3)14(16(21)22)12-6-4-11(9-20)5-7-12/h4-7,10,14,20H,8-9H2,1-3H3,(H,21,22)/t14-/m1/s1. The monoisotopic (exact) mass is 319 g/mol. The molecule has 0 unspecified atom stereocenters. The Morgan fingerprint density at radius 2 is 1.96 bits per heavy atom. The van der Waals surface area contributed by atoms with E-state index in [9.17, 15) is 9.90 Å². The SMILES string of the molecule is CC(C)c1noc(CN(C)[C@@H](C(=O)O)c2ccc(CO)cc2)n1. The van der Waals surface area contributed by atoms with Crippen molar-refractivity contribution in [3.8, 4) is 0 Å². The minimum atomic E-state index is -0.965. The lowest BCUT2D eigenvalue weighted by Crippen LogP contribution is -2.30. The quantitative estimate of drug-likeness (QED) is 0.804. The smallest absolute Gasteiger partial charge is 0.325 e. The molecule has 7 heteroatoms. The van der Waals surface area contributed by atoms with Crippen LogP contribution in [0.15, 0.2) is 28.8 Å². The summed E-state index contributed by atoms with van der Waals surface area (Å²) in [4.78, 5) is 17.5. The van der Waals surface area contributed by atoms with Gasteiger partial charge in [0, 0.05) is 5.92 Å². The van der Waals surface area contributed by atoms with Gasteiger partial charge in [0.05, 0.1) is 13.2 Å². The van der Waals surface area contributed by atoms with Gasteiger partial charge in [-0.3, -0.25) is 9.69 Å². The number of hydrogen-bond acceptors (Lipinski definition) is 6. The lowest BCUT2D eigenvalue weighted by molar-refractivity contribution is -0.143. The third-order valence-corrected chi connectivity index (χ3v) is 3.54. The predicted molar refractivity (Wildman–Crippen MR) is 82.6 cm³/mol. The summed E-state index contributed by atoms with van der Waals surface area (Å²) in [7, 11) is 1.69. The van der Waals surface area contributed by atoms with Gasteiger partial charge in [-0.15, -0.1) is 0 Å². The fourth-order valence-corrected chi connectivity index (χ4v) is 2.26. The second kappa shape index (κ2) is 7.34. The Labute approximate surface area is 134 Å². The molecule has 2 aromatic rings. The summed E-state index contributed by atoms with van der Waals surface area (Å²) >= 11 is 0. The highest BCUT2D eigenvalue weighted by molar-refractivity contribution is 5.75. The molecule has 7 nitrogen and oxygen atoms in total. The van der Waals surface area contributed by atoms with Gasteiger partial charge < -0.3 is 14.7 Å². The normalized spacial score (nSPS) is 12.8. The molecule has 0 spiro atoms. The number of carbonyl (C=O) groups is 1. The van der Waals surface area contributed by atoms with Crippen LogP contribution in [0.1, 0.15) is 48.6 Å². The van der Waals surface area contributed by atoms with Gasteiger partial charge >= 0.3 is 5.97 Å². The Balaban J connectivity index is 2.16. The zero-order valence-electron chi connectivity index (χ0n) is 13.4. The van der Waals surface area contributed by atoms with Crippen LogP contribution in [0, 0.1) is 0 Å². The largest absolute Gasteiger partial charge is 0.480 e. The first-order chi connectivity index (χ1) is 10.9. The lowest BCUT2D eigenvalue weighted by atomic mass is 10.0. The zero-order chi connectivity index (χ0) is 17.0. The van der Waals surface area contributed by atoms with Gasteiger partial charge in [-0.25, -0.2) is 0 Å². The van der Waals surface area contributed by atoms with Crippen LogP contribution in [0.5, 0.6) is 0 Å². The maximum absolute atomic E-state index is 11.6. The van der Waals surface area contributed by atoms with E-state index in [1.54, 1.807) is 36.2 Å². The molecule has 1 atom stereocenters. The van der Waals surface area contributed by atoms with Crippen molar-refractivity contribution in [3.05, 3.63) is 47.1 Å². The Bertz CT molecular complexity index is 652. The molecule has 124 valence electrons. The van der Waals surface area contributed by atoms with Crippen molar-refractivity contribution in [2.45, 2.75) is 39.0 Å². The molecule has 0 amide bonds. The van der Waals surface area contributed by atoms with Crippen LogP contribution in [0.3, 0.4) is 0 Å². The molecule has 23 heavy (non-hydrogen) atoms. The number of aliphatic carboxylic acids is 1. The number of aromatic nitrogens is 2. The van der Waals surface area contributed by atoms with E-state index in [1.165, 1.54) is 0 Å². The second-order valence-corrected chi connectivity index (χ2v) is 5.76. The molecule has 0 aliphatic rings. The topological polar surface area (TPSA) is 99.7 Å². The molecular weight excluding hydrogens is 298 g/mol. The third kappa shape index (κ3) is 4.14.